The molecule has 36 heavy (non-hydrogen) atoms. The highest BCUT2D eigenvalue weighted by Crippen LogP contribution is 2.56. The van der Waals surface area contributed by atoms with Crippen LogP contribution in [0.3, 0.4) is 0 Å². The van der Waals surface area contributed by atoms with Gasteiger partial charge in [0, 0.05) is 66.9 Å². The molecule has 2 atom stereocenters. The normalized spacial score (nSPS) is 22.2. The Bertz CT molecular complexity index is 1350. The van der Waals surface area contributed by atoms with Crippen LogP contribution in [0.15, 0.2) is 49.2 Å². The van der Waals surface area contributed by atoms with Gasteiger partial charge in [0.2, 0.25) is 0 Å². The summed E-state index contributed by atoms with van der Waals surface area (Å²) in [6.07, 6.45) is 9.98. The minimum Gasteiger partial charge on any atom is -0.350 e. The molecule has 0 unspecified atom stereocenters. The van der Waals surface area contributed by atoms with Crippen LogP contribution >= 0.6 is 0 Å². The predicted octanol–water partition coefficient (Wildman–Crippen LogP) is 3.45. The molecule has 1 saturated carbocycles. The monoisotopic (exact) mass is 480 g/mol. The number of aromatic nitrogens is 4. The van der Waals surface area contributed by atoms with Gasteiger partial charge in [0.25, 0.3) is 5.91 Å². The number of hydrogen-bond acceptors (Lipinski definition) is 8. The second-order valence-corrected chi connectivity index (χ2v) is 10.2. The van der Waals surface area contributed by atoms with Crippen molar-refractivity contribution in [3.8, 4) is 6.07 Å². The fraction of sp³-hybridized carbons (Fsp3) is 0.407. The van der Waals surface area contributed by atoms with Gasteiger partial charge < -0.3 is 14.7 Å². The summed E-state index contributed by atoms with van der Waals surface area (Å²) in [5, 5.41) is 9.40. The van der Waals surface area contributed by atoms with Gasteiger partial charge >= 0.3 is 0 Å². The standard InChI is InChI=1S/C27H28N8O/c1-18-15-34(26(36)21-5-9-29-10-6-21)19(2)14-33(18)24-23-25(32-17-31-24)35(16-27(23)7-3-8-27)22-12-20(13-28)4-11-30-22/h4-6,9-12,17-19H,3,7-8,14-16H2,1-2H3/t18-,19+/m0/s1. The van der Waals surface area contributed by atoms with E-state index >= 15 is 0 Å². The Kier molecular flexibility index (Phi) is 5.32. The Balaban J connectivity index is 1.35. The molecule has 5 heterocycles. The SMILES string of the molecule is C[C@@H]1CN(c2ncnc3c2C2(CCC2)CN3c2cc(C#N)ccn2)[C@@H](C)CN1C(=O)c1ccncc1. The summed E-state index contributed by atoms with van der Waals surface area (Å²) in [5.41, 5.74) is 2.43. The van der Waals surface area contributed by atoms with Crippen LogP contribution in [0.4, 0.5) is 17.5 Å². The summed E-state index contributed by atoms with van der Waals surface area (Å²) in [4.78, 5) is 37.8. The Morgan fingerprint density at radius 2 is 1.81 bits per heavy atom. The predicted molar refractivity (Wildman–Crippen MR) is 135 cm³/mol. The molecular formula is C27H28N8O. The van der Waals surface area contributed by atoms with Crippen molar-refractivity contribution in [3.63, 3.8) is 0 Å². The summed E-state index contributed by atoms with van der Waals surface area (Å²) >= 11 is 0. The summed E-state index contributed by atoms with van der Waals surface area (Å²) in [6.45, 7) is 6.36. The maximum atomic E-state index is 13.2. The fourth-order valence-corrected chi connectivity index (χ4v) is 5.92. The fourth-order valence-electron chi connectivity index (χ4n) is 5.92. The largest absolute Gasteiger partial charge is 0.350 e. The first-order chi connectivity index (χ1) is 17.5. The van der Waals surface area contributed by atoms with Crippen molar-refractivity contribution in [2.45, 2.75) is 50.6 Å². The number of anilines is 3. The molecule has 2 aliphatic heterocycles. The smallest absolute Gasteiger partial charge is 0.254 e. The van der Waals surface area contributed by atoms with Crippen LogP contribution in [0.25, 0.3) is 0 Å². The third-order valence-electron chi connectivity index (χ3n) is 7.96. The van der Waals surface area contributed by atoms with Gasteiger partial charge in [-0.2, -0.15) is 5.26 Å². The molecule has 1 spiro atoms. The van der Waals surface area contributed by atoms with Crippen LogP contribution in [-0.4, -0.2) is 62.5 Å². The van der Waals surface area contributed by atoms with Crippen molar-refractivity contribution in [2.24, 2.45) is 0 Å². The summed E-state index contributed by atoms with van der Waals surface area (Å²) in [7, 11) is 0. The Morgan fingerprint density at radius 3 is 2.53 bits per heavy atom. The molecule has 0 radical (unpaired) electrons. The number of nitriles is 1. The van der Waals surface area contributed by atoms with Gasteiger partial charge in [-0.05, 0) is 51.0 Å². The van der Waals surface area contributed by atoms with Crippen LogP contribution < -0.4 is 9.80 Å². The number of nitrogens with zero attached hydrogens (tertiary/aromatic N) is 8. The Labute approximate surface area is 210 Å². The number of carbonyl (C=O) groups excluding carboxylic acids is 1. The van der Waals surface area contributed by atoms with Crippen molar-refractivity contribution >= 4 is 23.4 Å². The van der Waals surface area contributed by atoms with E-state index in [1.165, 1.54) is 12.0 Å². The molecule has 0 aromatic carbocycles. The van der Waals surface area contributed by atoms with E-state index in [0.717, 1.165) is 36.8 Å². The summed E-state index contributed by atoms with van der Waals surface area (Å²) in [5.74, 6) is 2.64. The van der Waals surface area contributed by atoms with E-state index in [-0.39, 0.29) is 23.4 Å². The van der Waals surface area contributed by atoms with Crippen molar-refractivity contribution < 1.29 is 4.79 Å². The summed E-state index contributed by atoms with van der Waals surface area (Å²) < 4.78 is 0. The van der Waals surface area contributed by atoms with E-state index in [1.807, 2.05) is 11.0 Å². The van der Waals surface area contributed by atoms with Crippen LogP contribution in [-0.2, 0) is 5.41 Å². The Hall–Kier alpha value is -4.06. The zero-order valence-corrected chi connectivity index (χ0v) is 20.5. The highest BCUT2D eigenvalue weighted by molar-refractivity contribution is 5.94. The lowest BCUT2D eigenvalue weighted by Crippen LogP contribution is -2.59. The van der Waals surface area contributed by atoms with Crippen molar-refractivity contribution in [1.82, 2.24) is 24.8 Å². The maximum Gasteiger partial charge on any atom is 0.254 e. The molecule has 2 fully saturated rings. The van der Waals surface area contributed by atoms with E-state index in [0.29, 0.717) is 24.2 Å². The van der Waals surface area contributed by atoms with Gasteiger partial charge in [0.1, 0.15) is 23.8 Å². The molecule has 9 heteroatoms. The number of hydrogen-bond donors (Lipinski definition) is 0. The molecule has 0 N–H and O–H groups in total. The molecule has 3 aromatic rings. The van der Waals surface area contributed by atoms with Crippen molar-refractivity contribution in [1.29, 1.82) is 5.26 Å². The second kappa shape index (κ2) is 8.55. The molecule has 0 bridgehead atoms. The van der Waals surface area contributed by atoms with Gasteiger partial charge in [-0.25, -0.2) is 15.0 Å². The highest BCUT2D eigenvalue weighted by Gasteiger charge is 2.51. The lowest BCUT2D eigenvalue weighted by molar-refractivity contribution is 0.0643. The number of rotatable bonds is 3. The van der Waals surface area contributed by atoms with Crippen LogP contribution in [0, 0.1) is 11.3 Å². The van der Waals surface area contributed by atoms with Gasteiger partial charge in [-0.15, -0.1) is 0 Å². The van der Waals surface area contributed by atoms with Crippen molar-refractivity contribution in [2.75, 3.05) is 29.4 Å². The van der Waals surface area contributed by atoms with E-state index in [2.05, 4.69) is 39.7 Å². The topological polar surface area (TPSA) is 102 Å². The molecule has 3 aliphatic rings. The number of pyridine rings is 2. The number of piperazine rings is 1. The van der Waals surface area contributed by atoms with Gasteiger partial charge in [-0.1, -0.05) is 6.42 Å². The second-order valence-electron chi connectivity index (χ2n) is 10.2. The first-order valence-electron chi connectivity index (χ1n) is 12.5. The molecule has 1 aliphatic carbocycles. The number of amides is 1. The maximum absolute atomic E-state index is 13.2. The minimum absolute atomic E-state index is 0.0107. The average molecular weight is 481 g/mol. The van der Waals surface area contributed by atoms with E-state index in [9.17, 15) is 10.1 Å². The van der Waals surface area contributed by atoms with E-state index in [1.54, 1.807) is 43.1 Å². The number of fused-ring (bicyclic) bond motifs is 2. The van der Waals surface area contributed by atoms with Crippen LogP contribution in [0.2, 0.25) is 0 Å². The molecule has 1 amide bonds. The molecular weight excluding hydrogens is 452 g/mol. The highest BCUT2D eigenvalue weighted by atomic mass is 16.2. The third-order valence-corrected chi connectivity index (χ3v) is 7.96. The quantitative estimate of drug-likeness (QED) is 0.562. The Morgan fingerprint density at radius 1 is 1.03 bits per heavy atom. The van der Waals surface area contributed by atoms with Crippen LogP contribution in [0.5, 0.6) is 0 Å². The number of carbonyl (C=O) groups is 1. The molecule has 1 saturated heterocycles. The van der Waals surface area contributed by atoms with Crippen molar-refractivity contribution in [3.05, 3.63) is 65.9 Å². The van der Waals surface area contributed by atoms with Crippen LogP contribution in [0.1, 0.15) is 54.6 Å². The van der Waals surface area contributed by atoms with Gasteiger partial charge in [-0.3, -0.25) is 9.78 Å². The first-order valence-corrected chi connectivity index (χ1v) is 12.5. The molecule has 182 valence electrons. The van der Waals surface area contributed by atoms with Gasteiger partial charge in [0.05, 0.1) is 11.6 Å². The summed E-state index contributed by atoms with van der Waals surface area (Å²) in [6, 6.07) is 9.43. The zero-order valence-electron chi connectivity index (χ0n) is 20.5. The van der Waals surface area contributed by atoms with E-state index < -0.39 is 0 Å². The molecule has 6 rings (SSSR count). The molecule has 3 aromatic heterocycles. The third kappa shape index (κ3) is 3.48. The minimum atomic E-state index is -0.0107. The lowest BCUT2D eigenvalue weighted by atomic mass is 9.66. The lowest BCUT2D eigenvalue weighted by Gasteiger charge is -2.47. The first kappa shape index (κ1) is 22.4. The average Bonchev–Trinajstić information content (AvgIpc) is 3.27. The zero-order chi connectivity index (χ0) is 24.9. The van der Waals surface area contributed by atoms with Gasteiger partial charge in [0.15, 0.2) is 0 Å². The molecule has 9 nitrogen and oxygen atoms in total. The van der Waals surface area contributed by atoms with E-state index in [4.69, 9.17) is 9.97 Å².